The van der Waals surface area contributed by atoms with Crippen molar-refractivity contribution in [2.24, 2.45) is 0 Å². The maximum Gasteiger partial charge on any atom is 0.234 e. The molecule has 0 fully saturated rings. The minimum atomic E-state index is -0.249. The molecule has 33 heavy (non-hydrogen) atoms. The first-order valence-electron chi connectivity index (χ1n) is 10.0. The Labute approximate surface area is 206 Å². The van der Waals surface area contributed by atoms with Crippen LogP contribution in [0.25, 0.3) is 0 Å². The monoisotopic (exact) mass is 503 g/mol. The van der Waals surface area contributed by atoms with Crippen LogP contribution in [0.15, 0.2) is 54.2 Å². The zero-order valence-corrected chi connectivity index (χ0v) is 20.5. The molecule has 2 amide bonds. The van der Waals surface area contributed by atoms with Crippen molar-refractivity contribution < 1.29 is 9.59 Å². The average Bonchev–Trinajstić information content (AvgIpc) is 3.09. The highest BCUT2D eigenvalue weighted by Crippen LogP contribution is 2.24. The van der Waals surface area contributed by atoms with Gasteiger partial charge in [-0.25, -0.2) is 0 Å². The maximum absolute atomic E-state index is 12.6. The Morgan fingerprint density at radius 2 is 1.79 bits per heavy atom. The molecule has 0 saturated heterocycles. The lowest BCUT2D eigenvalue weighted by atomic mass is 10.1. The fraction of sp³-hybridized carbons (Fsp3) is 0.217. The maximum atomic E-state index is 12.6. The van der Waals surface area contributed by atoms with Crippen LogP contribution in [0.2, 0.25) is 10.0 Å². The third kappa shape index (κ3) is 7.08. The van der Waals surface area contributed by atoms with E-state index >= 15 is 0 Å². The van der Waals surface area contributed by atoms with Crippen molar-refractivity contribution in [3.8, 4) is 0 Å². The third-order valence-corrected chi connectivity index (χ3v) is 5.96. The van der Waals surface area contributed by atoms with Crippen molar-refractivity contribution in [3.05, 3.63) is 76.0 Å². The van der Waals surface area contributed by atoms with Gasteiger partial charge in [0, 0.05) is 28.0 Å². The van der Waals surface area contributed by atoms with Gasteiger partial charge < -0.3 is 15.2 Å². The number of allylic oxidation sites excluding steroid dienone is 1. The summed E-state index contributed by atoms with van der Waals surface area (Å²) in [6, 6.07) is 10.6. The number of nitrogens with one attached hydrogen (secondary N) is 2. The van der Waals surface area contributed by atoms with Gasteiger partial charge in [-0.05, 0) is 43.7 Å². The van der Waals surface area contributed by atoms with Crippen LogP contribution in [-0.4, -0.2) is 32.3 Å². The summed E-state index contributed by atoms with van der Waals surface area (Å²) in [6.45, 7) is 8.12. The number of amides is 2. The molecule has 0 aliphatic carbocycles. The predicted octanol–water partition coefficient (Wildman–Crippen LogP) is 5.30. The van der Waals surface area contributed by atoms with E-state index in [0.717, 1.165) is 16.8 Å². The van der Waals surface area contributed by atoms with E-state index in [0.29, 0.717) is 33.3 Å². The van der Waals surface area contributed by atoms with Crippen molar-refractivity contribution in [2.75, 3.05) is 16.4 Å². The summed E-state index contributed by atoms with van der Waals surface area (Å²) in [4.78, 5) is 25.0. The van der Waals surface area contributed by atoms with Crippen molar-refractivity contribution in [1.82, 2.24) is 14.8 Å². The highest BCUT2D eigenvalue weighted by Gasteiger charge is 2.17. The van der Waals surface area contributed by atoms with Gasteiger partial charge in [0.2, 0.25) is 11.8 Å². The van der Waals surface area contributed by atoms with Gasteiger partial charge in [-0.2, -0.15) is 0 Å². The van der Waals surface area contributed by atoms with Crippen molar-refractivity contribution in [3.63, 3.8) is 0 Å². The fourth-order valence-electron chi connectivity index (χ4n) is 3.11. The molecule has 10 heteroatoms. The molecule has 0 aliphatic heterocycles. The van der Waals surface area contributed by atoms with Crippen LogP contribution in [0.5, 0.6) is 0 Å². The Bertz CT molecular complexity index is 1180. The summed E-state index contributed by atoms with van der Waals surface area (Å²) < 4.78 is 1.77. The predicted molar refractivity (Wildman–Crippen MR) is 134 cm³/mol. The summed E-state index contributed by atoms with van der Waals surface area (Å²) in [5.41, 5.74) is 3.38. The quantitative estimate of drug-likeness (QED) is 0.305. The van der Waals surface area contributed by atoms with Gasteiger partial charge in [0.25, 0.3) is 0 Å². The van der Waals surface area contributed by atoms with Crippen molar-refractivity contribution in [1.29, 1.82) is 0 Å². The molecule has 2 N–H and O–H groups in total. The number of hydrogen-bond donors (Lipinski definition) is 2. The van der Waals surface area contributed by atoms with Crippen LogP contribution in [-0.2, 0) is 22.6 Å². The average molecular weight is 504 g/mol. The third-order valence-electron chi connectivity index (χ3n) is 4.56. The largest absolute Gasteiger partial charge is 0.325 e. The van der Waals surface area contributed by atoms with Crippen LogP contribution in [0.3, 0.4) is 0 Å². The molecular weight excluding hydrogens is 481 g/mol. The molecule has 0 spiro atoms. The molecule has 0 radical (unpaired) electrons. The van der Waals surface area contributed by atoms with E-state index in [1.54, 1.807) is 28.8 Å². The summed E-state index contributed by atoms with van der Waals surface area (Å²) >= 11 is 13.1. The number of anilines is 2. The van der Waals surface area contributed by atoms with Crippen LogP contribution in [0.4, 0.5) is 11.4 Å². The first-order valence-corrected chi connectivity index (χ1v) is 11.8. The van der Waals surface area contributed by atoms with E-state index in [4.69, 9.17) is 23.2 Å². The standard InChI is InChI=1S/C23H23Cl2N5O2S/c1-4-7-30-20(12-21(31)27-19-6-5-14(2)8-15(19)3)28-29-23(30)33-13-22(32)26-18-10-16(24)9-17(25)11-18/h4-6,8-11H,1,7,12-13H2,2-3H3,(H,26,32)(H,27,31). The number of aryl methyl sites for hydroxylation is 2. The lowest BCUT2D eigenvalue weighted by Gasteiger charge is -2.10. The van der Waals surface area contributed by atoms with Gasteiger partial charge in [0.15, 0.2) is 5.16 Å². The molecule has 3 aromatic rings. The number of thioether (sulfide) groups is 1. The Hall–Kier alpha value is -2.81. The smallest absolute Gasteiger partial charge is 0.234 e. The first-order chi connectivity index (χ1) is 15.7. The molecular formula is C23H23Cl2N5O2S. The first kappa shape index (κ1) is 24.8. The molecule has 172 valence electrons. The number of halogens is 2. The Morgan fingerprint density at radius 1 is 1.06 bits per heavy atom. The van der Waals surface area contributed by atoms with E-state index in [-0.39, 0.29) is 24.0 Å². The fourth-order valence-corrected chi connectivity index (χ4v) is 4.41. The molecule has 2 aromatic carbocycles. The highest BCUT2D eigenvalue weighted by atomic mass is 35.5. The van der Waals surface area contributed by atoms with E-state index < -0.39 is 0 Å². The molecule has 7 nitrogen and oxygen atoms in total. The van der Waals surface area contributed by atoms with Gasteiger partial charge in [-0.1, -0.05) is 58.7 Å². The SMILES string of the molecule is C=CCn1c(CC(=O)Nc2ccc(C)cc2C)nnc1SCC(=O)Nc1cc(Cl)cc(Cl)c1. The second-order valence-corrected chi connectivity index (χ2v) is 9.15. The van der Waals surface area contributed by atoms with Crippen molar-refractivity contribution in [2.45, 2.75) is 32.0 Å². The molecule has 0 aliphatic rings. The number of carbonyl (C=O) groups excluding carboxylic acids is 2. The summed E-state index contributed by atoms with van der Waals surface area (Å²) in [5.74, 6) is 0.128. The normalized spacial score (nSPS) is 10.7. The number of nitrogens with zero attached hydrogens (tertiary/aromatic N) is 3. The summed E-state index contributed by atoms with van der Waals surface area (Å²) in [6.07, 6.45) is 1.73. The molecule has 3 rings (SSSR count). The van der Waals surface area contributed by atoms with Gasteiger partial charge in [-0.15, -0.1) is 16.8 Å². The highest BCUT2D eigenvalue weighted by molar-refractivity contribution is 7.99. The second-order valence-electron chi connectivity index (χ2n) is 7.34. The van der Waals surface area contributed by atoms with Gasteiger partial charge in [0.05, 0.1) is 12.2 Å². The molecule has 1 aromatic heterocycles. The van der Waals surface area contributed by atoms with Gasteiger partial charge in [-0.3, -0.25) is 9.59 Å². The van der Waals surface area contributed by atoms with Gasteiger partial charge >= 0.3 is 0 Å². The molecule has 0 atom stereocenters. The second kappa shape index (κ2) is 11.4. The van der Waals surface area contributed by atoms with E-state index in [2.05, 4.69) is 27.4 Å². The van der Waals surface area contributed by atoms with E-state index in [1.807, 2.05) is 32.0 Å². The molecule has 0 saturated carbocycles. The lowest BCUT2D eigenvalue weighted by Crippen LogP contribution is -2.18. The Morgan fingerprint density at radius 3 is 2.45 bits per heavy atom. The zero-order chi connectivity index (χ0) is 24.0. The van der Waals surface area contributed by atoms with E-state index in [1.165, 1.54) is 11.8 Å². The minimum Gasteiger partial charge on any atom is -0.325 e. The van der Waals surface area contributed by atoms with Crippen LogP contribution >= 0.6 is 35.0 Å². The van der Waals surface area contributed by atoms with Gasteiger partial charge in [0.1, 0.15) is 5.82 Å². The molecule has 0 bridgehead atoms. The Kier molecular flexibility index (Phi) is 8.55. The van der Waals surface area contributed by atoms with Crippen LogP contribution in [0, 0.1) is 13.8 Å². The molecule has 0 unspecified atom stereocenters. The zero-order valence-electron chi connectivity index (χ0n) is 18.2. The number of rotatable bonds is 9. The minimum absolute atomic E-state index is 0.0436. The van der Waals surface area contributed by atoms with E-state index in [9.17, 15) is 9.59 Å². The Balaban J connectivity index is 1.64. The number of aromatic nitrogens is 3. The number of hydrogen-bond acceptors (Lipinski definition) is 5. The molecule has 1 heterocycles. The van der Waals surface area contributed by atoms with Crippen LogP contribution < -0.4 is 10.6 Å². The number of benzene rings is 2. The van der Waals surface area contributed by atoms with Crippen molar-refractivity contribution >= 4 is 58.2 Å². The lowest BCUT2D eigenvalue weighted by molar-refractivity contribution is -0.116. The van der Waals surface area contributed by atoms with Crippen LogP contribution in [0.1, 0.15) is 17.0 Å². The summed E-state index contributed by atoms with van der Waals surface area (Å²) in [7, 11) is 0. The summed E-state index contributed by atoms with van der Waals surface area (Å²) in [5, 5.41) is 15.4. The topological polar surface area (TPSA) is 88.9 Å². The number of carbonyl (C=O) groups is 2.